The van der Waals surface area contributed by atoms with Crippen LogP contribution in [0.15, 0.2) is 48.5 Å². The molecule has 3 rings (SSSR count). The van der Waals surface area contributed by atoms with Gasteiger partial charge in [0.05, 0.1) is 17.0 Å². The highest BCUT2D eigenvalue weighted by Gasteiger charge is 2.17. The minimum absolute atomic E-state index is 0.0110. The average Bonchev–Trinajstić information content (AvgIpc) is 2.60. The summed E-state index contributed by atoms with van der Waals surface area (Å²) in [5.74, 6) is -3.17. The van der Waals surface area contributed by atoms with Crippen LogP contribution in [0.1, 0.15) is 27.2 Å². The highest BCUT2D eigenvalue weighted by atomic mass is 35.5. The van der Waals surface area contributed by atoms with Crippen LogP contribution in [0.4, 0.5) is 8.78 Å². The summed E-state index contributed by atoms with van der Waals surface area (Å²) in [5, 5.41) is 9.90. The van der Waals surface area contributed by atoms with E-state index in [0.717, 1.165) is 11.6 Å². The third kappa shape index (κ3) is 3.58. The quantitative estimate of drug-likeness (QED) is 0.677. The Balaban J connectivity index is 2.12. The predicted octanol–water partition coefficient (Wildman–Crippen LogP) is 5.28. The lowest BCUT2D eigenvalue weighted by Gasteiger charge is -2.11. The van der Waals surface area contributed by atoms with E-state index in [1.165, 1.54) is 24.3 Å². The molecule has 26 heavy (non-hydrogen) atoms. The van der Waals surface area contributed by atoms with Gasteiger partial charge in [-0.2, -0.15) is 0 Å². The molecule has 0 radical (unpaired) electrons. The van der Waals surface area contributed by atoms with Gasteiger partial charge >= 0.3 is 5.97 Å². The molecule has 0 aliphatic carbocycles. The lowest BCUT2D eigenvalue weighted by Crippen LogP contribution is -2.07. The Bertz CT molecular complexity index is 1010. The van der Waals surface area contributed by atoms with Crippen LogP contribution in [0.3, 0.4) is 0 Å². The number of carboxylic acids is 1. The van der Waals surface area contributed by atoms with Crippen LogP contribution in [0.25, 0.3) is 11.3 Å². The molecule has 0 bridgehead atoms. The second kappa shape index (κ2) is 7.22. The Kier molecular flexibility index (Phi) is 5.00. The lowest BCUT2D eigenvalue weighted by molar-refractivity contribution is 0.0695. The molecule has 6 heteroatoms. The van der Waals surface area contributed by atoms with Crippen molar-refractivity contribution in [2.45, 2.75) is 13.3 Å². The Morgan fingerprint density at radius 1 is 1.15 bits per heavy atom. The number of hydrogen-bond acceptors (Lipinski definition) is 2. The van der Waals surface area contributed by atoms with Crippen molar-refractivity contribution in [2.24, 2.45) is 0 Å². The van der Waals surface area contributed by atoms with Crippen LogP contribution < -0.4 is 0 Å². The van der Waals surface area contributed by atoms with E-state index < -0.39 is 17.6 Å². The van der Waals surface area contributed by atoms with Gasteiger partial charge in [-0.25, -0.2) is 13.6 Å². The molecule has 0 fully saturated rings. The summed E-state index contributed by atoms with van der Waals surface area (Å²) in [6.45, 7) is 1.89. The topological polar surface area (TPSA) is 50.2 Å². The summed E-state index contributed by atoms with van der Waals surface area (Å²) >= 11 is 6.20. The molecule has 0 spiro atoms. The van der Waals surface area contributed by atoms with Crippen molar-refractivity contribution in [1.82, 2.24) is 4.98 Å². The van der Waals surface area contributed by atoms with Gasteiger partial charge in [-0.1, -0.05) is 35.4 Å². The number of rotatable bonds is 4. The van der Waals surface area contributed by atoms with Crippen LogP contribution >= 0.6 is 11.6 Å². The van der Waals surface area contributed by atoms with Crippen molar-refractivity contribution < 1.29 is 18.7 Å². The number of pyridine rings is 1. The van der Waals surface area contributed by atoms with Crippen molar-refractivity contribution >= 4 is 17.6 Å². The molecule has 0 aliphatic rings. The molecular weight excluding hydrogens is 360 g/mol. The van der Waals surface area contributed by atoms with E-state index in [4.69, 9.17) is 11.6 Å². The summed E-state index contributed by atoms with van der Waals surface area (Å²) in [6.07, 6.45) is 0.160. The summed E-state index contributed by atoms with van der Waals surface area (Å²) in [6, 6.07) is 11.9. The summed E-state index contributed by atoms with van der Waals surface area (Å²) in [5.41, 5.74) is 2.02. The van der Waals surface area contributed by atoms with Crippen molar-refractivity contribution in [3.63, 3.8) is 0 Å². The van der Waals surface area contributed by atoms with E-state index in [1.807, 2.05) is 19.1 Å². The van der Waals surface area contributed by atoms with Gasteiger partial charge < -0.3 is 5.11 Å². The van der Waals surface area contributed by atoms with Crippen LogP contribution in [0, 0.1) is 18.6 Å². The number of benzene rings is 2. The zero-order valence-electron chi connectivity index (χ0n) is 13.8. The number of halogens is 3. The van der Waals surface area contributed by atoms with E-state index in [0.29, 0.717) is 10.6 Å². The maximum Gasteiger partial charge on any atom is 0.337 e. The second-order valence-corrected chi connectivity index (χ2v) is 6.28. The molecule has 0 saturated heterocycles. The molecule has 0 unspecified atom stereocenters. The molecular formula is C20H14ClF2NO2. The van der Waals surface area contributed by atoms with Crippen LogP contribution in [-0.2, 0) is 6.42 Å². The third-order valence-corrected chi connectivity index (χ3v) is 4.36. The lowest BCUT2D eigenvalue weighted by atomic mass is 10.0. The average molecular weight is 374 g/mol. The maximum absolute atomic E-state index is 14.1. The first-order valence-electron chi connectivity index (χ1n) is 7.79. The van der Waals surface area contributed by atoms with Gasteiger partial charge in [0.2, 0.25) is 0 Å². The van der Waals surface area contributed by atoms with Gasteiger partial charge in [-0.15, -0.1) is 0 Å². The minimum atomic E-state index is -1.15. The number of aromatic nitrogens is 1. The first kappa shape index (κ1) is 18.0. The standard InChI is InChI=1S/C20H14ClF2NO2/c1-11-5-7-15(21)12(9-11)10-18-14(20(25)26)6-8-17(24-18)13-3-2-4-16(22)19(13)23/h2-9H,10H2,1H3,(H,25,26). The molecule has 1 heterocycles. The second-order valence-electron chi connectivity index (χ2n) is 5.87. The van der Waals surface area contributed by atoms with Crippen LogP contribution in [-0.4, -0.2) is 16.1 Å². The van der Waals surface area contributed by atoms with E-state index in [-0.39, 0.29) is 28.9 Å². The van der Waals surface area contributed by atoms with Gasteiger partial charge in [-0.3, -0.25) is 4.98 Å². The minimum Gasteiger partial charge on any atom is -0.478 e. The Labute approximate surface area is 153 Å². The molecule has 2 aromatic carbocycles. The first-order chi connectivity index (χ1) is 12.4. The molecule has 132 valence electrons. The smallest absolute Gasteiger partial charge is 0.337 e. The number of hydrogen-bond donors (Lipinski definition) is 1. The van der Waals surface area contributed by atoms with Crippen molar-refractivity contribution in [2.75, 3.05) is 0 Å². The van der Waals surface area contributed by atoms with Gasteiger partial charge in [-0.05, 0) is 42.8 Å². The highest BCUT2D eigenvalue weighted by Crippen LogP contribution is 2.26. The third-order valence-electron chi connectivity index (χ3n) is 3.99. The number of carbonyl (C=O) groups is 1. The fourth-order valence-electron chi connectivity index (χ4n) is 2.70. The van der Waals surface area contributed by atoms with E-state index in [9.17, 15) is 18.7 Å². The zero-order chi connectivity index (χ0) is 18.8. The Morgan fingerprint density at radius 2 is 1.92 bits per heavy atom. The molecule has 3 aromatic rings. The van der Waals surface area contributed by atoms with Crippen molar-refractivity contribution in [3.05, 3.63) is 87.6 Å². The Hall–Kier alpha value is -2.79. The molecule has 0 atom stereocenters. The fraction of sp³-hybridized carbons (Fsp3) is 0.100. The number of aromatic carboxylic acids is 1. The molecule has 0 saturated carbocycles. The molecule has 0 aliphatic heterocycles. The largest absolute Gasteiger partial charge is 0.478 e. The zero-order valence-corrected chi connectivity index (χ0v) is 14.5. The van der Waals surface area contributed by atoms with Crippen LogP contribution in [0.5, 0.6) is 0 Å². The van der Waals surface area contributed by atoms with Gasteiger partial charge in [0.25, 0.3) is 0 Å². The van der Waals surface area contributed by atoms with Crippen molar-refractivity contribution in [3.8, 4) is 11.3 Å². The number of nitrogens with zero attached hydrogens (tertiary/aromatic N) is 1. The molecule has 3 nitrogen and oxygen atoms in total. The van der Waals surface area contributed by atoms with Gasteiger partial charge in [0.15, 0.2) is 11.6 Å². The van der Waals surface area contributed by atoms with E-state index in [1.54, 1.807) is 6.07 Å². The number of aryl methyl sites for hydroxylation is 1. The fourth-order valence-corrected chi connectivity index (χ4v) is 2.89. The monoisotopic (exact) mass is 373 g/mol. The molecule has 0 amide bonds. The van der Waals surface area contributed by atoms with Gasteiger partial charge in [0, 0.05) is 17.0 Å². The molecule has 1 aromatic heterocycles. The highest BCUT2D eigenvalue weighted by molar-refractivity contribution is 6.31. The first-order valence-corrected chi connectivity index (χ1v) is 8.17. The van der Waals surface area contributed by atoms with E-state index >= 15 is 0 Å². The van der Waals surface area contributed by atoms with Crippen LogP contribution in [0.2, 0.25) is 5.02 Å². The maximum atomic E-state index is 14.1. The summed E-state index contributed by atoms with van der Waals surface area (Å²) in [7, 11) is 0. The predicted molar refractivity (Wildman–Crippen MR) is 95.5 cm³/mol. The van der Waals surface area contributed by atoms with Gasteiger partial charge in [0.1, 0.15) is 0 Å². The number of carboxylic acid groups (broad SMARTS) is 1. The molecule has 1 N–H and O–H groups in total. The Morgan fingerprint density at radius 3 is 2.65 bits per heavy atom. The summed E-state index contributed by atoms with van der Waals surface area (Å²) in [4.78, 5) is 15.8. The normalized spacial score (nSPS) is 10.8. The van der Waals surface area contributed by atoms with Crippen molar-refractivity contribution in [1.29, 1.82) is 0 Å². The van der Waals surface area contributed by atoms with E-state index in [2.05, 4.69) is 4.98 Å². The SMILES string of the molecule is Cc1ccc(Cl)c(Cc2nc(-c3cccc(F)c3F)ccc2C(=O)O)c1. The summed E-state index contributed by atoms with van der Waals surface area (Å²) < 4.78 is 27.6.